The number of fused-ring (bicyclic) bond motifs is 1. The molecule has 1 N–H and O–H groups in total. The van der Waals surface area contributed by atoms with E-state index in [9.17, 15) is 14.7 Å². The summed E-state index contributed by atoms with van der Waals surface area (Å²) in [6, 6.07) is 15.1. The molecule has 0 saturated carbocycles. The first-order valence-electron chi connectivity index (χ1n) is 14.0. The van der Waals surface area contributed by atoms with Crippen molar-refractivity contribution in [3.63, 3.8) is 0 Å². The van der Waals surface area contributed by atoms with E-state index in [1.807, 2.05) is 41.5 Å². The van der Waals surface area contributed by atoms with Crippen molar-refractivity contribution in [2.45, 2.75) is 66.3 Å². The van der Waals surface area contributed by atoms with E-state index in [0.29, 0.717) is 50.7 Å². The zero-order valence-electron chi connectivity index (χ0n) is 25.3. The van der Waals surface area contributed by atoms with Gasteiger partial charge in [0, 0.05) is 17.6 Å². The summed E-state index contributed by atoms with van der Waals surface area (Å²) in [7, 11) is 1.54. The van der Waals surface area contributed by atoms with Gasteiger partial charge in [0.05, 0.1) is 42.7 Å². The summed E-state index contributed by atoms with van der Waals surface area (Å²) in [4.78, 5) is 27.1. The number of hydrogen-bond donors (Lipinski definition) is 1. The molecule has 0 saturated heterocycles. The quantitative estimate of drug-likeness (QED) is 0.127. The van der Waals surface area contributed by atoms with Gasteiger partial charge >= 0.3 is 5.97 Å². The molecule has 0 aliphatic rings. The van der Waals surface area contributed by atoms with Crippen LogP contribution in [0.3, 0.4) is 0 Å². The summed E-state index contributed by atoms with van der Waals surface area (Å²) >= 11 is 1.04. The van der Waals surface area contributed by atoms with Gasteiger partial charge in [0.25, 0.3) is 0 Å². The van der Waals surface area contributed by atoms with Crippen molar-refractivity contribution in [2.75, 3.05) is 7.11 Å². The summed E-state index contributed by atoms with van der Waals surface area (Å²) in [5.74, 6) is 0.245. The average molecular weight is 605 g/mol. The molecule has 0 radical (unpaired) electrons. The summed E-state index contributed by atoms with van der Waals surface area (Å²) in [5, 5.41) is 10.5. The van der Waals surface area contributed by atoms with E-state index in [4.69, 9.17) is 18.9 Å². The van der Waals surface area contributed by atoms with Crippen LogP contribution in [-0.4, -0.2) is 51.0 Å². The van der Waals surface area contributed by atoms with Gasteiger partial charge in [0.2, 0.25) is 5.75 Å². The SMILES string of the molecule is COc1ccc(C(=O)/C(Cc2cc(OC(C)C)c(OC(C)C)c(OC(C)C)c2)=C(/C(=O)O)c2ccc3nsnc3c2)cc1. The number of aromatic nitrogens is 2. The predicted molar refractivity (Wildman–Crippen MR) is 167 cm³/mol. The lowest BCUT2D eigenvalue weighted by molar-refractivity contribution is -0.130. The lowest BCUT2D eigenvalue weighted by atomic mass is 9.89. The van der Waals surface area contributed by atoms with Gasteiger partial charge in [-0.3, -0.25) is 4.79 Å². The second-order valence-electron chi connectivity index (χ2n) is 10.8. The maximum Gasteiger partial charge on any atom is 0.336 e. The number of rotatable bonds is 13. The van der Waals surface area contributed by atoms with E-state index < -0.39 is 11.8 Å². The number of aliphatic carboxylic acids is 1. The summed E-state index contributed by atoms with van der Waals surface area (Å²) in [6.45, 7) is 11.4. The third kappa shape index (κ3) is 7.70. The minimum Gasteiger partial charge on any atom is -0.497 e. The number of nitrogens with zero attached hydrogens (tertiary/aromatic N) is 2. The highest BCUT2D eigenvalue weighted by Gasteiger charge is 2.26. The standard InChI is InChI=1S/C33H36N2O7S/c1-18(2)40-28-15-21(16-29(41-19(3)4)32(28)42-20(5)6)14-25(31(36)22-8-11-24(39-7)12-9-22)30(33(37)38)23-10-13-26-27(17-23)35-43-34-26/h8-13,15-20H,14H2,1-7H3,(H,37,38)/b30-25+. The van der Waals surface area contributed by atoms with Crippen molar-refractivity contribution in [3.05, 3.63) is 76.9 Å². The number of Topliss-reactive ketones (excluding diaryl/α,β-unsaturated/α-hetero) is 1. The van der Waals surface area contributed by atoms with Crippen LogP contribution in [0.2, 0.25) is 0 Å². The largest absolute Gasteiger partial charge is 0.497 e. The van der Waals surface area contributed by atoms with E-state index in [2.05, 4.69) is 8.75 Å². The number of ketones is 1. The lowest BCUT2D eigenvalue weighted by Gasteiger charge is -2.23. The van der Waals surface area contributed by atoms with Gasteiger partial charge in [-0.25, -0.2) is 4.79 Å². The van der Waals surface area contributed by atoms with Crippen LogP contribution < -0.4 is 18.9 Å². The molecular weight excluding hydrogens is 568 g/mol. The summed E-state index contributed by atoms with van der Waals surface area (Å²) < 4.78 is 32.1. The number of ether oxygens (including phenoxy) is 4. The molecular formula is C33H36N2O7S. The van der Waals surface area contributed by atoms with Crippen LogP contribution in [0.5, 0.6) is 23.0 Å². The second kappa shape index (κ2) is 13.7. The Morgan fingerprint density at radius 3 is 1.86 bits per heavy atom. The maximum atomic E-state index is 14.1. The molecule has 4 rings (SSSR count). The van der Waals surface area contributed by atoms with Crippen LogP contribution in [-0.2, 0) is 11.2 Å². The van der Waals surface area contributed by atoms with Crippen molar-refractivity contribution in [1.29, 1.82) is 0 Å². The minimum atomic E-state index is -1.24. The molecule has 1 heterocycles. The van der Waals surface area contributed by atoms with Crippen molar-refractivity contribution < 1.29 is 33.6 Å². The van der Waals surface area contributed by atoms with Crippen molar-refractivity contribution in [2.24, 2.45) is 0 Å². The highest BCUT2D eigenvalue weighted by molar-refractivity contribution is 7.00. The van der Waals surface area contributed by atoms with Gasteiger partial charge in [-0.05, 0) is 101 Å². The second-order valence-corrected chi connectivity index (χ2v) is 11.3. The number of carbonyl (C=O) groups is 2. The first kappa shape index (κ1) is 31.5. The minimum absolute atomic E-state index is 0.0231. The molecule has 0 fully saturated rings. The average Bonchev–Trinajstić information content (AvgIpc) is 3.41. The molecule has 1 aromatic heterocycles. The summed E-state index contributed by atoms with van der Waals surface area (Å²) in [5.41, 5.74) is 2.44. The Hall–Kier alpha value is -4.44. The molecule has 226 valence electrons. The first-order valence-corrected chi connectivity index (χ1v) is 14.7. The molecule has 0 spiro atoms. The molecule has 43 heavy (non-hydrogen) atoms. The van der Waals surface area contributed by atoms with Crippen LogP contribution in [0.25, 0.3) is 16.6 Å². The Balaban J connectivity index is 1.95. The number of allylic oxidation sites excluding steroid dienone is 1. The maximum absolute atomic E-state index is 14.1. The normalized spacial score (nSPS) is 12.0. The Labute approximate surface area is 255 Å². The van der Waals surface area contributed by atoms with Crippen molar-refractivity contribution >= 4 is 40.1 Å². The number of hydrogen-bond acceptors (Lipinski definition) is 9. The van der Waals surface area contributed by atoms with Crippen LogP contribution in [0.1, 0.15) is 63.0 Å². The van der Waals surface area contributed by atoms with E-state index in [-0.39, 0.29) is 35.9 Å². The number of carbonyl (C=O) groups excluding carboxylic acids is 1. The Morgan fingerprint density at radius 1 is 0.767 bits per heavy atom. The third-order valence-corrected chi connectivity index (χ3v) is 6.78. The molecule has 0 bridgehead atoms. The molecule has 0 aliphatic heterocycles. The third-order valence-electron chi connectivity index (χ3n) is 6.22. The summed E-state index contributed by atoms with van der Waals surface area (Å²) in [6.07, 6.45) is -0.540. The number of benzene rings is 3. The fraction of sp³-hybridized carbons (Fsp3) is 0.333. The van der Waals surface area contributed by atoms with E-state index in [0.717, 1.165) is 11.7 Å². The molecule has 0 aliphatic carbocycles. The lowest BCUT2D eigenvalue weighted by Crippen LogP contribution is -2.16. The highest BCUT2D eigenvalue weighted by atomic mass is 32.1. The monoisotopic (exact) mass is 604 g/mol. The van der Waals surface area contributed by atoms with E-state index >= 15 is 0 Å². The van der Waals surface area contributed by atoms with Crippen molar-refractivity contribution in [3.8, 4) is 23.0 Å². The van der Waals surface area contributed by atoms with Gasteiger partial charge < -0.3 is 24.1 Å². The highest BCUT2D eigenvalue weighted by Crippen LogP contribution is 2.42. The zero-order chi connectivity index (χ0) is 31.3. The fourth-order valence-corrected chi connectivity index (χ4v) is 5.05. The Bertz CT molecular complexity index is 1610. The van der Waals surface area contributed by atoms with Crippen LogP contribution in [0.4, 0.5) is 0 Å². The van der Waals surface area contributed by atoms with Crippen molar-refractivity contribution in [1.82, 2.24) is 8.75 Å². The van der Waals surface area contributed by atoms with Gasteiger partial charge in [0.15, 0.2) is 17.3 Å². The first-order chi connectivity index (χ1) is 20.5. The van der Waals surface area contributed by atoms with Crippen LogP contribution in [0, 0.1) is 0 Å². The van der Waals surface area contributed by atoms with E-state index in [1.54, 1.807) is 54.6 Å². The van der Waals surface area contributed by atoms with Gasteiger partial charge in [0.1, 0.15) is 16.8 Å². The predicted octanol–water partition coefficient (Wildman–Crippen LogP) is 7.03. The molecule has 10 heteroatoms. The van der Waals surface area contributed by atoms with Gasteiger partial charge in [-0.2, -0.15) is 8.75 Å². The molecule has 0 amide bonds. The number of carboxylic acid groups (broad SMARTS) is 1. The Morgan fingerprint density at radius 2 is 1.33 bits per heavy atom. The zero-order valence-corrected chi connectivity index (χ0v) is 26.2. The molecule has 0 unspecified atom stereocenters. The topological polar surface area (TPSA) is 117 Å². The van der Waals surface area contributed by atoms with Crippen LogP contribution in [0.15, 0.2) is 60.2 Å². The van der Waals surface area contributed by atoms with Gasteiger partial charge in [-0.15, -0.1) is 0 Å². The molecule has 9 nitrogen and oxygen atoms in total. The number of carboxylic acids is 1. The van der Waals surface area contributed by atoms with E-state index in [1.165, 1.54) is 7.11 Å². The number of methoxy groups -OCH3 is 1. The van der Waals surface area contributed by atoms with Crippen LogP contribution >= 0.6 is 11.7 Å². The Kier molecular flexibility index (Phi) is 10.0. The molecule has 0 atom stereocenters. The fourth-order valence-electron chi connectivity index (χ4n) is 4.54. The van der Waals surface area contributed by atoms with Gasteiger partial charge in [-0.1, -0.05) is 6.07 Å². The smallest absolute Gasteiger partial charge is 0.336 e. The molecule has 4 aromatic rings. The molecule has 3 aromatic carbocycles.